The predicted octanol–water partition coefficient (Wildman–Crippen LogP) is 2.99. The number of carbonyl (C=O) groups excluding carboxylic acids is 1. The second-order valence-electron chi connectivity index (χ2n) is 7.36. The first-order valence-corrected chi connectivity index (χ1v) is 11.0. The number of rotatable bonds is 6. The van der Waals surface area contributed by atoms with E-state index in [1.165, 1.54) is 4.88 Å². The molecule has 31 heavy (non-hydrogen) atoms. The number of aromatic nitrogens is 3. The van der Waals surface area contributed by atoms with Crippen LogP contribution in [0.5, 0.6) is 6.01 Å². The Morgan fingerprint density at radius 3 is 2.48 bits per heavy atom. The molecule has 162 valence electrons. The number of hydrogen-bond donors (Lipinski definition) is 1. The molecule has 0 radical (unpaired) electrons. The van der Waals surface area contributed by atoms with Crippen molar-refractivity contribution in [2.24, 2.45) is 0 Å². The Bertz CT molecular complexity index is 1020. The average Bonchev–Trinajstić information content (AvgIpc) is 3.14. The lowest BCUT2D eigenvalue weighted by Gasteiger charge is -2.37. The van der Waals surface area contributed by atoms with E-state index in [1.54, 1.807) is 30.8 Å². The molecule has 0 bridgehead atoms. The lowest BCUT2D eigenvalue weighted by atomic mass is 10.1. The van der Waals surface area contributed by atoms with Gasteiger partial charge in [-0.25, -0.2) is 15.0 Å². The second-order valence-corrected chi connectivity index (χ2v) is 8.56. The van der Waals surface area contributed by atoms with Gasteiger partial charge in [0, 0.05) is 60.3 Å². The van der Waals surface area contributed by atoms with Crippen LogP contribution in [-0.2, 0) is 4.79 Å². The lowest BCUT2D eigenvalue weighted by Crippen LogP contribution is -2.50. The van der Waals surface area contributed by atoms with Crippen LogP contribution in [0.25, 0.3) is 11.1 Å². The number of para-hydroxylation sites is 1. The minimum Gasteiger partial charge on any atom is -0.467 e. The topological polar surface area (TPSA) is 83.5 Å². The number of anilines is 2. The third-order valence-electron chi connectivity index (χ3n) is 5.42. The van der Waals surface area contributed by atoms with E-state index in [9.17, 15) is 4.79 Å². The smallest absolute Gasteiger partial charge is 0.316 e. The molecular weight excluding hydrogens is 412 g/mol. The van der Waals surface area contributed by atoms with Crippen LogP contribution in [0.2, 0.25) is 0 Å². The SMILES string of the molecule is COc1ncc(-c2ccccc2N2CCN(C(=O)CNc3nc(C)c(C)s3)CC2)cn1. The number of hydrogen-bond acceptors (Lipinski definition) is 8. The van der Waals surface area contributed by atoms with Gasteiger partial charge in [0.15, 0.2) is 5.13 Å². The summed E-state index contributed by atoms with van der Waals surface area (Å²) in [6.45, 7) is 7.20. The molecule has 1 fully saturated rings. The second kappa shape index (κ2) is 9.30. The number of benzene rings is 1. The number of piperazine rings is 1. The summed E-state index contributed by atoms with van der Waals surface area (Å²) in [5.74, 6) is 0.0991. The molecule has 1 aliphatic rings. The Hall–Kier alpha value is -3.20. The first-order chi connectivity index (χ1) is 15.0. The minimum absolute atomic E-state index is 0.0991. The molecule has 0 atom stereocenters. The van der Waals surface area contributed by atoms with Gasteiger partial charge in [0.2, 0.25) is 5.91 Å². The molecule has 9 heteroatoms. The molecule has 0 unspecified atom stereocenters. The molecule has 0 saturated carbocycles. The standard InChI is InChI=1S/C22H26N6O2S/c1-15-16(2)31-22(26-15)25-14-20(29)28-10-8-27(9-11-28)19-7-5-4-6-18(19)17-12-23-21(30-3)24-13-17/h4-7,12-13H,8-11,14H2,1-3H3,(H,25,26). The van der Waals surface area contributed by atoms with Crippen molar-refractivity contribution in [3.63, 3.8) is 0 Å². The molecular formula is C22H26N6O2S. The number of carbonyl (C=O) groups is 1. The number of aryl methyl sites for hydroxylation is 2. The fourth-order valence-electron chi connectivity index (χ4n) is 3.56. The van der Waals surface area contributed by atoms with Crippen LogP contribution in [0.3, 0.4) is 0 Å². The van der Waals surface area contributed by atoms with Gasteiger partial charge in [0.1, 0.15) is 0 Å². The van der Waals surface area contributed by atoms with E-state index in [0.29, 0.717) is 19.1 Å². The van der Waals surface area contributed by atoms with E-state index in [4.69, 9.17) is 4.74 Å². The maximum atomic E-state index is 12.6. The normalized spacial score (nSPS) is 13.9. The minimum atomic E-state index is 0.0991. The summed E-state index contributed by atoms with van der Waals surface area (Å²) in [5, 5.41) is 3.97. The van der Waals surface area contributed by atoms with Crippen LogP contribution < -0.4 is 15.0 Å². The molecule has 1 N–H and O–H groups in total. The van der Waals surface area contributed by atoms with E-state index < -0.39 is 0 Å². The highest BCUT2D eigenvalue weighted by molar-refractivity contribution is 7.15. The van der Waals surface area contributed by atoms with Gasteiger partial charge >= 0.3 is 6.01 Å². The first kappa shape index (κ1) is 21.0. The van der Waals surface area contributed by atoms with Gasteiger partial charge in [0.05, 0.1) is 19.3 Å². The molecule has 1 aliphatic heterocycles. The van der Waals surface area contributed by atoms with Crippen LogP contribution in [0.15, 0.2) is 36.7 Å². The van der Waals surface area contributed by atoms with Gasteiger partial charge < -0.3 is 19.9 Å². The van der Waals surface area contributed by atoms with Gasteiger partial charge in [0.25, 0.3) is 0 Å². The van der Waals surface area contributed by atoms with Gasteiger partial charge in [-0.05, 0) is 19.9 Å². The molecule has 3 heterocycles. The number of methoxy groups -OCH3 is 1. The summed E-state index contributed by atoms with van der Waals surface area (Å²) in [6, 6.07) is 8.57. The monoisotopic (exact) mass is 438 g/mol. The van der Waals surface area contributed by atoms with Crippen LogP contribution in [0.4, 0.5) is 10.8 Å². The van der Waals surface area contributed by atoms with Crippen molar-refractivity contribution in [3.05, 3.63) is 47.2 Å². The van der Waals surface area contributed by atoms with Crippen LogP contribution in [0, 0.1) is 13.8 Å². The molecule has 0 aliphatic carbocycles. The van der Waals surface area contributed by atoms with Crippen molar-refractivity contribution in [1.29, 1.82) is 0 Å². The number of nitrogens with one attached hydrogen (secondary N) is 1. The zero-order valence-corrected chi connectivity index (χ0v) is 18.8. The summed E-state index contributed by atoms with van der Waals surface area (Å²) in [6.07, 6.45) is 3.55. The Labute approximate surface area is 185 Å². The highest BCUT2D eigenvalue weighted by Crippen LogP contribution is 2.31. The molecule has 8 nitrogen and oxygen atoms in total. The molecule has 1 aromatic carbocycles. The number of thiazole rings is 1. The molecule has 2 aromatic heterocycles. The van der Waals surface area contributed by atoms with Gasteiger partial charge in [-0.1, -0.05) is 18.2 Å². The van der Waals surface area contributed by atoms with E-state index >= 15 is 0 Å². The zero-order valence-electron chi connectivity index (χ0n) is 18.0. The van der Waals surface area contributed by atoms with E-state index in [0.717, 1.165) is 40.7 Å². The first-order valence-electron chi connectivity index (χ1n) is 10.2. The molecule has 4 rings (SSSR count). The van der Waals surface area contributed by atoms with Crippen LogP contribution >= 0.6 is 11.3 Å². The summed E-state index contributed by atoms with van der Waals surface area (Å²) >= 11 is 1.58. The fraction of sp³-hybridized carbons (Fsp3) is 0.364. The van der Waals surface area contributed by atoms with Gasteiger partial charge in [-0.2, -0.15) is 0 Å². The summed E-state index contributed by atoms with van der Waals surface area (Å²) in [4.78, 5) is 30.9. The lowest BCUT2D eigenvalue weighted by molar-refractivity contribution is -0.129. The predicted molar refractivity (Wildman–Crippen MR) is 123 cm³/mol. The highest BCUT2D eigenvalue weighted by Gasteiger charge is 2.23. The third kappa shape index (κ3) is 4.77. The summed E-state index contributed by atoms with van der Waals surface area (Å²) in [5.41, 5.74) is 4.14. The Morgan fingerprint density at radius 2 is 1.84 bits per heavy atom. The fourth-order valence-corrected chi connectivity index (χ4v) is 4.37. The maximum Gasteiger partial charge on any atom is 0.316 e. The quantitative estimate of drug-likeness (QED) is 0.633. The Balaban J connectivity index is 1.38. The zero-order chi connectivity index (χ0) is 21.8. The van der Waals surface area contributed by atoms with Crippen molar-refractivity contribution in [1.82, 2.24) is 19.9 Å². The van der Waals surface area contributed by atoms with E-state index in [1.807, 2.05) is 30.9 Å². The largest absolute Gasteiger partial charge is 0.467 e. The van der Waals surface area contributed by atoms with Crippen LogP contribution in [0.1, 0.15) is 10.6 Å². The van der Waals surface area contributed by atoms with Crippen molar-refractivity contribution in [2.45, 2.75) is 13.8 Å². The third-order valence-corrected chi connectivity index (χ3v) is 6.45. The van der Waals surface area contributed by atoms with Gasteiger partial charge in [-0.3, -0.25) is 4.79 Å². The summed E-state index contributed by atoms with van der Waals surface area (Å²) in [7, 11) is 1.55. The maximum absolute atomic E-state index is 12.6. The average molecular weight is 439 g/mol. The molecule has 3 aromatic rings. The molecule has 0 spiro atoms. The highest BCUT2D eigenvalue weighted by atomic mass is 32.1. The van der Waals surface area contributed by atoms with Crippen molar-refractivity contribution >= 4 is 28.1 Å². The van der Waals surface area contributed by atoms with Crippen molar-refractivity contribution in [2.75, 3.05) is 50.1 Å². The van der Waals surface area contributed by atoms with Crippen molar-refractivity contribution < 1.29 is 9.53 Å². The summed E-state index contributed by atoms with van der Waals surface area (Å²) < 4.78 is 5.06. The van der Waals surface area contributed by atoms with E-state index in [2.05, 4.69) is 37.3 Å². The number of nitrogens with zero attached hydrogens (tertiary/aromatic N) is 5. The molecule has 1 amide bonds. The van der Waals surface area contributed by atoms with Crippen LogP contribution in [-0.4, -0.2) is 65.6 Å². The number of amides is 1. The Morgan fingerprint density at radius 1 is 1.13 bits per heavy atom. The Kier molecular flexibility index (Phi) is 6.31. The van der Waals surface area contributed by atoms with Crippen molar-refractivity contribution in [3.8, 4) is 17.1 Å². The van der Waals surface area contributed by atoms with Gasteiger partial charge in [-0.15, -0.1) is 11.3 Å². The van der Waals surface area contributed by atoms with E-state index in [-0.39, 0.29) is 12.5 Å². The molecule has 1 saturated heterocycles. The number of ether oxygens (including phenoxy) is 1.